The lowest BCUT2D eigenvalue weighted by Crippen LogP contribution is -2.25. The van der Waals surface area contributed by atoms with E-state index in [-0.39, 0.29) is 23.9 Å². The van der Waals surface area contributed by atoms with Gasteiger partial charge in [0.05, 0.1) is 12.3 Å². The van der Waals surface area contributed by atoms with Crippen LogP contribution in [-0.2, 0) is 11.3 Å². The number of aromatic nitrogens is 3. The van der Waals surface area contributed by atoms with E-state index in [0.717, 1.165) is 18.6 Å². The average Bonchev–Trinajstić information content (AvgIpc) is 3.28. The van der Waals surface area contributed by atoms with Crippen molar-refractivity contribution in [2.24, 2.45) is 5.41 Å². The molecule has 1 aliphatic carbocycles. The number of carbonyl (C=O) groups is 2. The van der Waals surface area contributed by atoms with E-state index in [4.69, 9.17) is 4.74 Å². The summed E-state index contributed by atoms with van der Waals surface area (Å²) in [5, 5.41) is 10.5. The summed E-state index contributed by atoms with van der Waals surface area (Å²) in [6, 6.07) is 7.31. The zero-order valence-corrected chi connectivity index (χ0v) is 16.1. The predicted molar refractivity (Wildman–Crippen MR) is 102 cm³/mol. The van der Waals surface area contributed by atoms with Gasteiger partial charge in [-0.1, -0.05) is 26.0 Å². The Hall–Kier alpha value is -2.70. The van der Waals surface area contributed by atoms with Gasteiger partial charge in [-0.3, -0.25) is 9.59 Å². The standard InChI is InChI=1S/C20H26N4O3/c1-20(2,3)18(25)13-24-12-17(22-23-24)19(26)21-14-8-10-16(11-9-14)27-15-6-4-5-7-15/h8-12,15H,4-7,13H2,1-3H3,(H,21,26). The number of hydrogen-bond donors (Lipinski definition) is 1. The van der Waals surface area contributed by atoms with Gasteiger partial charge in [0.25, 0.3) is 5.91 Å². The Morgan fingerprint density at radius 2 is 1.85 bits per heavy atom. The molecule has 1 aliphatic rings. The fourth-order valence-corrected chi connectivity index (χ4v) is 2.87. The van der Waals surface area contributed by atoms with Crippen molar-refractivity contribution in [1.82, 2.24) is 15.0 Å². The Morgan fingerprint density at radius 3 is 2.48 bits per heavy atom. The summed E-state index contributed by atoms with van der Waals surface area (Å²) in [4.78, 5) is 24.4. The Kier molecular flexibility index (Phi) is 5.58. The first-order valence-corrected chi connectivity index (χ1v) is 9.33. The van der Waals surface area contributed by atoms with Crippen LogP contribution in [-0.4, -0.2) is 32.8 Å². The lowest BCUT2D eigenvalue weighted by atomic mass is 9.91. The minimum atomic E-state index is -0.462. The monoisotopic (exact) mass is 370 g/mol. The molecule has 1 saturated carbocycles. The number of benzene rings is 1. The van der Waals surface area contributed by atoms with Crippen molar-refractivity contribution in [3.8, 4) is 5.75 Å². The number of rotatable bonds is 6. The predicted octanol–water partition coefficient (Wildman–Crippen LogP) is 3.47. The maximum Gasteiger partial charge on any atom is 0.277 e. The van der Waals surface area contributed by atoms with Crippen LogP contribution >= 0.6 is 0 Å². The molecule has 144 valence electrons. The SMILES string of the molecule is CC(C)(C)C(=O)Cn1cc(C(=O)Nc2ccc(OC3CCCC3)cc2)nn1. The van der Waals surface area contributed by atoms with Crippen LogP contribution in [0.25, 0.3) is 0 Å². The normalized spacial score (nSPS) is 14.9. The van der Waals surface area contributed by atoms with Crippen molar-refractivity contribution >= 4 is 17.4 Å². The molecule has 1 heterocycles. The maximum absolute atomic E-state index is 12.3. The smallest absolute Gasteiger partial charge is 0.277 e. The zero-order chi connectivity index (χ0) is 19.4. The second-order valence-electron chi connectivity index (χ2n) is 7.98. The zero-order valence-electron chi connectivity index (χ0n) is 16.1. The number of amides is 1. The van der Waals surface area contributed by atoms with Crippen molar-refractivity contribution in [3.63, 3.8) is 0 Å². The largest absolute Gasteiger partial charge is 0.490 e. The van der Waals surface area contributed by atoms with E-state index in [1.165, 1.54) is 23.7 Å². The number of nitrogens with one attached hydrogen (secondary N) is 1. The Labute approximate surface area is 159 Å². The second kappa shape index (κ2) is 7.90. The van der Waals surface area contributed by atoms with E-state index in [9.17, 15) is 9.59 Å². The molecule has 1 fully saturated rings. The van der Waals surface area contributed by atoms with Crippen LogP contribution in [0.1, 0.15) is 56.9 Å². The molecule has 0 radical (unpaired) electrons. The molecule has 1 aromatic carbocycles. The van der Waals surface area contributed by atoms with Crippen LogP contribution in [0, 0.1) is 5.41 Å². The molecule has 1 amide bonds. The fraction of sp³-hybridized carbons (Fsp3) is 0.500. The number of nitrogens with zero attached hydrogens (tertiary/aromatic N) is 3. The highest BCUT2D eigenvalue weighted by Gasteiger charge is 2.22. The van der Waals surface area contributed by atoms with E-state index >= 15 is 0 Å². The summed E-state index contributed by atoms with van der Waals surface area (Å²) in [6.45, 7) is 5.64. The van der Waals surface area contributed by atoms with Gasteiger partial charge in [0.15, 0.2) is 11.5 Å². The molecule has 3 rings (SSSR count). The van der Waals surface area contributed by atoms with Crippen LogP contribution in [0.4, 0.5) is 5.69 Å². The molecule has 27 heavy (non-hydrogen) atoms. The third-order valence-corrected chi connectivity index (χ3v) is 4.63. The van der Waals surface area contributed by atoms with E-state index in [2.05, 4.69) is 15.6 Å². The first-order valence-electron chi connectivity index (χ1n) is 9.33. The number of anilines is 1. The Balaban J connectivity index is 1.56. The molecule has 0 spiro atoms. The van der Waals surface area contributed by atoms with E-state index in [0.29, 0.717) is 11.8 Å². The van der Waals surface area contributed by atoms with Crippen LogP contribution in [0.15, 0.2) is 30.5 Å². The first kappa shape index (κ1) is 19.1. The molecule has 0 aliphatic heterocycles. The maximum atomic E-state index is 12.3. The second-order valence-corrected chi connectivity index (χ2v) is 7.98. The highest BCUT2D eigenvalue weighted by Crippen LogP contribution is 2.25. The molecule has 0 bridgehead atoms. The van der Waals surface area contributed by atoms with Crippen molar-refractivity contribution in [1.29, 1.82) is 0 Å². The van der Waals surface area contributed by atoms with Crippen molar-refractivity contribution in [3.05, 3.63) is 36.2 Å². The van der Waals surface area contributed by atoms with Crippen LogP contribution < -0.4 is 10.1 Å². The van der Waals surface area contributed by atoms with Gasteiger partial charge in [-0.2, -0.15) is 0 Å². The van der Waals surface area contributed by atoms with Crippen LogP contribution in [0.5, 0.6) is 5.75 Å². The lowest BCUT2D eigenvalue weighted by molar-refractivity contribution is -0.127. The first-order chi connectivity index (χ1) is 12.8. The molecular formula is C20H26N4O3. The number of hydrogen-bond acceptors (Lipinski definition) is 5. The van der Waals surface area contributed by atoms with Crippen LogP contribution in [0.2, 0.25) is 0 Å². The minimum Gasteiger partial charge on any atom is -0.490 e. The molecule has 7 nitrogen and oxygen atoms in total. The number of ketones is 1. The average molecular weight is 370 g/mol. The van der Waals surface area contributed by atoms with Crippen molar-refractivity contribution in [2.45, 2.75) is 59.1 Å². The fourth-order valence-electron chi connectivity index (χ4n) is 2.87. The van der Waals surface area contributed by atoms with Gasteiger partial charge in [0.1, 0.15) is 12.3 Å². The minimum absolute atomic E-state index is 0.0252. The molecule has 1 aromatic heterocycles. The highest BCUT2D eigenvalue weighted by molar-refractivity contribution is 6.02. The van der Waals surface area contributed by atoms with Gasteiger partial charge in [0.2, 0.25) is 0 Å². The Morgan fingerprint density at radius 1 is 1.19 bits per heavy atom. The van der Waals surface area contributed by atoms with Crippen molar-refractivity contribution in [2.75, 3.05) is 5.32 Å². The highest BCUT2D eigenvalue weighted by atomic mass is 16.5. The molecular weight excluding hydrogens is 344 g/mol. The summed E-state index contributed by atoms with van der Waals surface area (Å²) < 4.78 is 7.31. The van der Waals surface area contributed by atoms with E-state index < -0.39 is 5.41 Å². The molecule has 2 aromatic rings. The molecule has 1 N–H and O–H groups in total. The number of carbonyl (C=O) groups excluding carboxylic acids is 2. The quantitative estimate of drug-likeness (QED) is 0.841. The van der Waals surface area contributed by atoms with E-state index in [1.807, 2.05) is 32.9 Å². The summed E-state index contributed by atoms with van der Waals surface area (Å²) in [5.41, 5.74) is 0.360. The van der Waals surface area contributed by atoms with Gasteiger partial charge in [-0.05, 0) is 49.9 Å². The van der Waals surface area contributed by atoms with Crippen molar-refractivity contribution < 1.29 is 14.3 Å². The summed E-state index contributed by atoms with van der Waals surface area (Å²) >= 11 is 0. The van der Waals surface area contributed by atoms with Gasteiger partial charge < -0.3 is 10.1 Å². The summed E-state index contributed by atoms with van der Waals surface area (Å²) in [5.74, 6) is 0.470. The van der Waals surface area contributed by atoms with Crippen LogP contribution in [0.3, 0.4) is 0 Å². The number of Topliss-reactive ketones (excluding diaryl/α,β-unsaturated/α-hetero) is 1. The third kappa shape index (κ3) is 5.15. The van der Waals surface area contributed by atoms with E-state index in [1.54, 1.807) is 12.1 Å². The summed E-state index contributed by atoms with van der Waals surface area (Å²) in [6.07, 6.45) is 6.44. The summed E-state index contributed by atoms with van der Waals surface area (Å²) in [7, 11) is 0. The third-order valence-electron chi connectivity index (χ3n) is 4.63. The van der Waals surface area contributed by atoms with Gasteiger partial charge >= 0.3 is 0 Å². The van der Waals surface area contributed by atoms with Gasteiger partial charge in [-0.25, -0.2) is 4.68 Å². The number of ether oxygens (including phenoxy) is 1. The van der Waals surface area contributed by atoms with Gasteiger partial charge in [-0.15, -0.1) is 5.10 Å². The Bertz CT molecular complexity index is 799. The topological polar surface area (TPSA) is 86.1 Å². The molecule has 7 heteroatoms. The molecule has 0 unspecified atom stereocenters. The molecule has 0 saturated heterocycles. The van der Waals surface area contributed by atoms with Gasteiger partial charge in [0, 0.05) is 11.1 Å². The molecule has 0 atom stereocenters. The lowest BCUT2D eigenvalue weighted by Gasteiger charge is -2.15.